The SMILES string of the molecule is CS(=O)(=O)C=C[C@@H]1OCC[C@@]2(S(=O)(=O)c3ccc(C(F)(F)F)cc3)c3c(F)ccc(F)c3OC[C@@H]12. The Morgan fingerprint density at radius 1 is 1.00 bits per heavy atom. The van der Waals surface area contributed by atoms with Crippen molar-refractivity contribution in [2.24, 2.45) is 5.92 Å². The number of ether oxygens (including phenoxy) is 2. The lowest BCUT2D eigenvalue weighted by molar-refractivity contribution is -0.137. The third-order valence-corrected chi connectivity index (χ3v) is 9.37. The summed E-state index contributed by atoms with van der Waals surface area (Å²) in [5.41, 5.74) is -1.69. The topological polar surface area (TPSA) is 86.7 Å². The molecule has 0 radical (unpaired) electrons. The van der Waals surface area contributed by atoms with Crippen molar-refractivity contribution >= 4 is 19.7 Å². The van der Waals surface area contributed by atoms with Crippen LogP contribution in [0.15, 0.2) is 52.8 Å². The van der Waals surface area contributed by atoms with E-state index < -0.39 is 82.6 Å². The van der Waals surface area contributed by atoms with Crippen molar-refractivity contribution in [3.05, 3.63) is 70.6 Å². The first-order chi connectivity index (χ1) is 16.2. The van der Waals surface area contributed by atoms with Gasteiger partial charge in [0.25, 0.3) is 0 Å². The van der Waals surface area contributed by atoms with Crippen molar-refractivity contribution in [3.63, 3.8) is 0 Å². The van der Waals surface area contributed by atoms with Gasteiger partial charge in [0.2, 0.25) is 0 Å². The van der Waals surface area contributed by atoms with Crippen LogP contribution in [-0.2, 0) is 35.3 Å². The zero-order valence-corrected chi connectivity index (χ0v) is 19.7. The Morgan fingerprint density at radius 3 is 2.23 bits per heavy atom. The molecule has 2 heterocycles. The summed E-state index contributed by atoms with van der Waals surface area (Å²) in [7, 11) is -8.36. The van der Waals surface area contributed by atoms with Crippen molar-refractivity contribution in [2.45, 2.75) is 28.3 Å². The summed E-state index contributed by atoms with van der Waals surface area (Å²) in [5, 5.41) is 0.802. The van der Waals surface area contributed by atoms with E-state index in [1.165, 1.54) is 0 Å². The normalized spacial score (nSPS) is 25.1. The van der Waals surface area contributed by atoms with Crippen LogP contribution in [0.1, 0.15) is 17.5 Å². The van der Waals surface area contributed by atoms with Gasteiger partial charge in [-0.3, -0.25) is 0 Å². The molecule has 2 aromatic rings. The molecule has 2 aromatic carbocycles. The molecule has 2 aliphatic rings. The third kappa shape index (κ3) is 4.33. The molecule has 0 bridgehead atoms. The molecule has 13 heteroatoms. The van der Waals surface area contributed by atoms with Crippen LogP contribution in [0.5, 0.6) is 5.75 Å². The van der Waals surface area contributed by atoms with Crippen molar-refractivity contribution in [1.29, 1.82) is 0 Å². The zero-order valence-electron chi connectivity index (χ0n) is 18.1. The summed E-state index contributed by atoms with van der Waals surface area (Å²) in [5.74, 6) is -3.97. The van der Waals surface area contributed by atoms with Crippen molar-refractivity contribution < 1.29 is 48.3 Å². The average molecular weight is 539 g/mol. The molecule has 6 nitrogen and oxygen atoms in total. The molecular formula is C22H19F5O6S2. The first-order valence-corrected chi connectivity index (χ1v) is 13.7. The molecule has 0 spiro atoms. The summed E-state index contributed by atoms with van der Waals surface area (Å²) >= 11 is 0. The van der Waals surface area contributed by atoms with Crippen LogP contribution in [-0.4, -0.2) is 42.4 Å². The maximum atomic E-state index is 15.2. The smallest absolute Gasteiger partial charge is 0.416 e. The quantitative estimate of drug-likeness (QED) is 0.547. The van der Waals surface area contributed by atoms with Gasteiger partial charge in [-0.15, -0.1) is 0 Å². The zero-order chi connectivity index (χ0) is 25.8. The summed E-state index contributed by atoms with van der Waals surface area (Å²) < 4.78 is 129. The van der Waals surface area contributed by atoms with E-state index in [1.54, 1.807) is 0 Å². The highest BCUT2D eigenvalue weighted by atomic mass is 32.2. The minimum absolute atomic E-state index is 0.287. The number of hydrogen-bond donors (Lipinski definition) is 0. The molecule has 190 valence electrons. The number of rotatable bonds is 4. The second-order valence-corrected chi connectivity index (χ2v) is 12.4. The highest BCUT2D eigenvalue weighted by Crippen LogP contribution is 2.55. The van der Waals surface area contributed by atoms with E-state index in [0.717, 1.165) is 42.0 Å². The number of sulfone groups is 2. The molecule has 2 aliphatic heterocycles. The summed E-state index contributed by atoms with van der Waals surface area (Å²) in [6, 6.07) is 4.19. The van der Waals surface area contributed by atoms with Gasteiger partial charge >= 0.3 is 6.18 Å². The highest BCUT2D eigenvalue weighted by molar-refractivity contribution is 7.93. The first-order valence-electron chi connectivity index (χ1n) is 10.2. The van der Waals surface area contributed by atoms with Crippen LogP contribution in [0.4, 0.5) is 22.0 Å². The fourth-order valence-corrected chi connectivity index (χ4v) is 7.37. The Hall–Kier alpha value is -2.51. The van der Waals surface area contributed by atoms with Crippen LogP contribution < -0.4 is 4.74 Å². The van der Waals surface area contributed by atoms with Crippen molar-refractivity contribution in [1.82, 2.24) is 0 Å². The van der Waals surface area contributed by atoms with Gasteiger partial charge in [0, 0.05) is 24.2 Å². The molecule has 0 amide bonds. The van der Waals surface area contributed by atoms with E-state index in [2.05, 4.69) is 0 Å². The Kier molecular flexibility index (Phi) is 6.25. The molecule has 1 saturated heterocycles. The van der Waals surface area contributed by atoms with E-state index in [4.69, 9.17) is 9.47 Å². The number of alkyl halides is 3. The molecule has 0 unspecified atom stereocenters. The molecule has 0 saturated carbocycles. The van der Waals surface area contributed by atoms with Gasteiger partial charge in [-0.05, 0) is 48.9 Å². The predicted octanol–water partition coefficient (Wildman–Crippen LogP) is 4.01. The van der Waals surface area contributed by atoms with E-state index in [0.29, 0.717) is 12.1 Å². The Balaban J connectivity index is 1.97. The van der Waals surface area contributed by atoms with E-state index in [1.807, 2.05) is 0 Å². The number of hydrogen-bond acceptors (Lipinski definition) is 6. The van der Waals surface area contributed by atoms with Gasteiger partial charge in [-0.1, -0.05) is 0 Å². The molecule has 0 aromatic heterocycles. The van der Waals surface area contributed by atoms with Crippen LogP contribution in [0.3, 0.4) is 0 Å². The Bertz CT molecular complexity index is 1380. The Labute approximate surface area is 198 Å². The highest BCUT2D eigenvalue weighted by Gasteiger charge is 2.61. The first kappa shape index (κ1) is 25.6. The largest absolute Gasteiger partial charge is 0.490 e. The number of halogens is 5. The molecule has 0 aliphatic carbocycles. The standard InChI is InChI=1S/C22H19F5O6S2/c1-34(28,29)11-8-18-15-12-33-20-17(24)7-6-16(23)19(20)21(15,9-10-32-18)35(30,31)14-4-2-13(3-5-14)22(25,26)27/h2-8,11,15,18H,9-10,12H2,1H3/t15-,18-,21-/m0/s1. The monoisotopic (exact) mass is 538 g/mol. The van der Waals surface area contributed by atoms with Crippen LogP contribution in [0, 0.1) is 17.6 Å². The van der Waals surface area contributed by atoms with Gasteiger partial charge < -0.3 is 9.47 Å². The van der Waals surface area contributed by atoms with Gasteiger partial charge in [-0.2, -0.15) is 13.2 Å². The van der Waals surface area contributed by atoms with E-state index >= 15 is 4.39 Å². The summed E-state index contributed by atoms with van der Waals surface area (Å²) in [6.45, 7) is -0.767. The van der Waals surface area contributed by atoms with Gasteiger partial charge in [0.15, 0.2) is 31.2 Å². The van der Waals surface area contributed by atoms with E-state index in [-0.39, 0.29) is 13.0 Å². The van der Waals surface area contributed by atoms with E-state index in [9.17, 15) is 34.4 Å². The van der Waals surface area contributed by atoms with Crippen molar-refractivity contribution in [2.75, 3.05) is 19.5 Å². The van der Waals surface area contributed by atoms with Gasteiger partial charge in [0.1, 0.15) is 10.6 Å². The second kappa shape index (κ2) is 8.56. The Morgan fingerprint density at radius 2 is 1.63 bits per heavy atom. The second-order valence-electron chi connectivity index (χ2n) is 8.31. The van der Waals surface area contributed by atoms with Crippen LogP contribution in [0.25, 0.3) is 0 Å². The van der Waals surface area contributed by atoms with Crippen molar-refractivity contribution in [3.8, 4) is 5.75 Å². The minimum atomic E-state index is -4.72. The average Bonchev–Trinajstić information content (AvgIpc) is 2.78. The molecule has 0 N–H and O–H groups in total. The number of fused-ring (bicyclic) bond motifs is 3. The molecular weight excluding hydrogens is 519 g/mol. The molecule has 3 atom stereocenters. The molecule has 1 fully saturated rings. The predicted molar refractivity (Wildman–Crippen MR) is 114 cm³/mol. The summed E-state index contributed by atoms with van der Waals surface area (Å²) in [4.78, 5) is -0.542. The van der Waals surface area contributed by atoms with Crippen LogP contribution in [0.2, 0.25) is 0 Å². The maximum absolute atomic E-state index is 15.2. The maximum Gasteiger partial charge on any atom is 0.416 e. The van der Waals surface area contributed by atoms with Crippen LogP contribution >= 0.6 is 0 Å². The molecule has 4 rings (SSSR count). The lowest BCUT2D eigenvalue weighted by Gasteiger charge is -2.49. The van der Waals surface area contributed by atoms with Gasteiger partial charge in [-0.25, -0.2) is 25.6 Å². The molecule has 35 heavy (non-hydrogen) atoms. The van der Waals surface area contributed by atoms with Gasteiger partial charge in [0.05, 0.1) is 28.7 Å². The third-order valence-electron chi connectivity index (χ3n) is 6.16. The minimum Gasteiger partial charge on any atom is -0.490 e. The summed E-state index contributed by atoms with van der Waals surface area (Å²) in [6.07, 6.45) is -4.29. The number of benzene rings is 2. The lowest BCUT2D eigenvalue weighted by Crippen LogP contribution is -2.57. The fraction of sp³-hybridized carbons (Fsp3) is 0.364. The lowest BCUT2D eigenvalue weighted by atomic mass is 9.76. The fourth-order valence-electron chi connectivity index (χ4n) is 4.61.